The third kappa shape index (κ3) is 4.04. The maximum Gasteiger partial charge on any atom is 0.335 e. The Morgan fingerprint density at radius 3 is 2.45 bits per heavy atom. The smallest absolute Gasteiger partial charge is 0.335 e. The summed E-state index contributed by atoms with van der Waals surface area (Å²) in [4.78, 5) is 10.9. The van der Waals surface area contributed by atoms with Gasteiger partial charge in [-0.3, -0.25) is 0 Å². The van der Waals surface area contributed by atoms with E-state index in [2.05, 4.69) is 15.9 Å². The predicted molar refractivity (Wildman–Crippen MR) is 80.4 cm³/mol. The monoisotopic (exact) mass is 363 g/mol. The number of hydrogen-bond donors (Lipinski definition) is 1. The van der Waals surface area contributed by atoms with Crippen LogP contribution in [0.15, 0.2) is 27.6 Å². The fraction of sp³-hybridized carbons (Fsp3) is 0.462. The standard InChI is InChI=1S/C13H18BrNO4S/c1-9(2)6-7-15(3)20(18,19)12-5-4-10(13(16)17)8-11(12)14/h4-5,8-9H,6-7H2,1-3H3,(H,16,17). The van der Waals surface area contributed by atoms with Gasteiger partial charge in [0.2, 0.25) is 10.0 Å². The molecule has 1 N–H and O–H groups in total. The second-order valence-corrected chi connectivity index (χ2v) is 7.83. The van der Waals surface area contributed by atoms with Crippen molar-refractivity contribution < 1.29 is 18.3 Å². The third-order valence-corrected chi connectivity index (χ3v) is 5.72. The van der Waals surface area contributed by atoms with Gasteiger partial charge in [0, 0.05) is 18.1 Å². The van der Waals surface area contributed by atoms with Gasteiger partial charge in [-0.2, -0.15) is 0 Å². The molecule has 0 heterocycles. The van der Waals surface area contributed by atoms with Crippen molar-refractivity contribution in [1.82, 2.24) is 4.31 Å². The van der Waals surface area contributed by atoms with Gasteiger partial charge in [-0.1, -0.05) is 13.8 Å². The molecule has 0 saturated heterocycles. The van der Waals surface area contributed by atoms with Crippen LogP contribution in [0.4, 0.5) is 0 Å². The lowest BCUT2D eigenvalue weighted by molar-refractivity contribution is 0.0696. The highest BCUT2D eigenvalue weighted by Gasteiger charge is 2.24. The summed E-state index contributed by atoms with van der Waals surface area (Å²) in [5, 5.41) is 8.88. The summed E-state index contributed by atoms with van der Waals surface area (Å²) in [5.41, 5.74) is 0.0423. The van der Waals surface area contributed by atoms with Gasteiger partial charge < -0.3 is 5.11 Å². The van der Waals surface area contributed by atoms with E-state index in [1.54, 1.807) is 0 Å². The average molecular weight is 364 g/mol. The minimum atomic E-state index is -3.61. The van der Waals surface area contributed by atoms with Crippen LogP contribution in [0.1, 0.15) is 30.6 Å². The zero-order valence-corrected chi connectivity index (χ0v) is 14.0. The first-order valence-corrected chi connectivity index (χ1v) is 8.38. The zero-order valence-electron chi connectivity index (χ0n) is 11.6. The highest BCUT2D eigenvalue weighted by atomic mass is 79.9. The van der Waals surface area contributed by atoms with Crippen LogP contribution in [-0.4, -0.2) is 37.4 Å². The second kappa shape index (κ2) is 6.69. The van der Waals surface area contributed by atoms with Gasteiger partial charge in [-0.25, -0.2) is 17.5 Å². The van der Waals surface area contributed by atoms with Crippen molar-refractivity contribution in [3.63, 3.8) is 0 Å². The van der Waals surface area contributed by atoms with Gasteiger partial charge >= 0.3 is 5.97 Å². The van der Waals surface area contributed by atoms with E-state index in [9.17, 15) is 13.2 Å². The molecule has 0 fully saturated rings. The fourth-order valence-corrected chi connectivity index (χ4v) is 3.79. The van der Waals surface area contributed by atoms with Crippen LogP contribution >= 0.6 is 15.9 Å². The lowest BCUT2D eigenvalue weighted by Crippen LogP contribution is -2.29. The molecule has 112 valence electrons. The number of carboxylic acids is 1. The van der Waals surface area contributed by atoms with E-state index in [-0.39, 0.29) is 14.9 Å². The van der Waals surface area contributed by atoms with Crippen molar-refractivity contribution in [2.75, 3.05) is 13.6 Å². The number of sulfonamides is 1. The normalized spacial score (nSPS) is 12.1. The molecule has 0 amide bonds. The third-order valence-electron chi connectivity index (χ3n) is 2.89. The largest absolute Gasteiger partial charge is 0.478 e. The summed E-state index contributed by atoms with van der Waals surface area (Å²) in [6.07, 6.45) is 0.764. The first-order valence-electron chi connectivity index (χ1n) is 6.15. The van der Waals surface area contributed by atoms with E-state index in [0.29, 0.717) is 12.5 Å². The molecule has 0 atom stereocenters. The van der Waals surface area contributed by atoms with Crippen LogP contribution in [0.5, 0.6) is 0 Å². The van der Waals surface area contributed by atoms with E-state index in [1.807, 2.05) is 13.8 Å². The topological polar surface area (TPSA) is 74.7 Å². The number of aromatic carboxylic acids is 1. The molecule has 0 bridgehead atoms. The Kier molecular flexibility index (Phi) is 5.73. The van der Waals surface area contributed by atoms with E-state index in [0.717, 1.165) is 6.42 Å². The molecule has 7 heteroatoms. The van der Waals surface area contributed by atoms with Crippen molar-refractivity contribution in [2.45, 2.75) is 25.2 Å². The Morgan fingerprint density at radius 1 is 1.40 bits per heavy atom. The molecule has 0 aliphatic carbocycles. The lowest BCUT2D eigenvalue weighted by atomic mass is 10.1. The molecule has 0 aliphatic heterocycles. The minimum Gasteiger partial charge on any atom is -0.478 e. The first kappa shape index (κ1) is 17.1. The minimum absolute atomic E-state index is 0.0423. The number of nitrogens with zero attached hydrogens (tertiary/aromatic N) is 1. The lowest BCUT2D eigenvalue weighted by Gasteiger charge is -2.19. The summed E-state index contributed by atoms with van der Waals surface area (Å²) < 4.78 is 26.3. The van der Waals surface area contributed by atoms with Crippen molar-refractivity contribution in [1.29, 1.82) is 0 Å². The van der Waals surface area contributed by atoms with Crippen molar-refractivity contribution in [3.05, 3.63) is 28.2 Å². The highest BCUT2D eigenvalue weighted by molar-refractivity contribution is 9.10. The van der Waals surface area contributed by atoms with Crippen LogP contribution in [0.3, 0.4) is 0 Å². The highest BCUT2D eigenvalue weighted by Crippen LogP contribution is 2.26. The summed E-state index contributed by atoms with van der Waals surface area (Å²) in [7, 11) is -2.09. The van der Waals surface area contributed by atoms with Crippen molar-refractivity contribution >= 4 is 31.9 Å². The van der Waals surface area contributed by atoms with Crippen LogP contribution in [-0.2, 0) is 10.0 Å². The van der Waals surface area contributed by atoms with Crippen LogP contribution in [0.25, 0.3) is 0 Å². The molecule has 1 aromatic carbocycles. The number of carboxylic acid groups (broad SMARTS) is 1. The molecule has 1 aromatic rings. The Labute approximate surface area is 127 Å². The maximum atomic E-state index is 12.4. The molecular formula is C13H18BrNO4S. The Balaban J connectivity index is 3.06. The van der Waals surface area contributed by atoms with Gasteiger partial charge in [0.1, 0.15) is 0 Å². The van der Waals surface area contributed by atoms with E-state index in [4.69, 9.17) is 5.11 Å². The van der Waals surface area contributed by atoms with Gasteiger partial charge in [-0.15, -0.1) is 0 Å². The SMILES string of the molecule is CC(C)CCN(C)S(=O)(=O)c1ccc(C(=O)O)cc1Br. The molecule has 0 saturated carbocycles. The quantitative estimate of drug-likeness (QED) is 0.842. The fourth-order valence-electron chi connectivity index (χ4n) is 1.57. The molecule has 1 rings (SSSR count). The van der Waals surface area contributed by atoms with Gasteiger partial charge in [0.05, 0.1) is 10.5 Å². The van der Waals surface area contributed by atoms with Crippen LogP contribution < -0.4 is 0 Å². The molecule has 0 radical (unpaired) electrons. The number of carbonyl (C=O) groups is 1. The molecular weight excluding hydrogens is 346 g/mol. The van der Waals surface area contributed by atoms with Crippen LogP contribution in [0, 0.1) is 5.92 Å². The number of rotatable bonds is 6. The Bertz CT molecular complexity index is 598. The Hall–Kier alpha value is -0.920. The molecule has 0 spiro atoms. The van der Waals surface area contributed by atoms with Gasteiger partial charge in [0.15, 0.2) is 0 Å². The van der Waals surface area contributed by atoms with E-state index in [1.165, 1.54) is 29.6 Å². The van der Waals surface area contributed by atoms with Crippen LogP contribution in [0.2, 0.25) is 0 Å². The van der Waals surface area contributed by atoms with Crippen molar-refractivity contribution in [3.8, 4) is 0 Å². The first-order chi connectivity index (χ1) is 9.16. The summed E-state index contributed by atoms with van der Waals surface area (Å²) in [5.74, 6) is -0.687. The van der Waals surface area contributed by atoms with Gasteiger partial charge in [0.25, 0.3) is 0 Å². The molecule has 0 unspecified atom stereocenters. The molecule has 0 aliphatic rings. The second-order valence-electron chi connectivity index (χ2n) is 4.96. The van der Waals surface area contributed by atoms with Crippen molar-refractivity contribution in [2.24, 2.45) is 5.92 Å². The number of halogens is 1. The summed E-state index contributed by atoms with van der Waals surface area (Å²) in [6, 6.07) is 3.90. The molecule has 5 nitrogen and oxygen atoms in total. The zero-order chi connectivity index (χ0) is 15.5. The van der Waals surface area contributed by atoms with E-state index >= 15 is 0 Å². The average Bonchev–Trinajstić information content (AvgIpc) is 2.35. The maximum absolute atomic E-state index is 12.4. The Morgan fingerprint density at radius 2 is 2.00 bits per heavy atom. The molecule has 20 heavy (non-hydrogen) atoms. The van der Waals surface area contributed by atoms with E-state index < -0.39 is 16.0 Å². The summed E-state index contributed by atoms with van der Waals surface area (Å²) in [6.45, 7) is 4.48. The molecule has 0 aromatic heterocycles. The number of hydrogen-bond acceptors (Lipinski definition) is 3. The summed E-state index contributed by atoms with van der Waals surface area (Å²) >= 11 is 3.13. The number of benzene rings is 1. The predicted octanol–water partition coefficient (Wildman–Crippen LogP) is 2.81. The van der Waals surface area contributed by atoms with Gasteiger partial charge in [-0.05, 0) is 46.5 Å².